The quantitative estimate of drug-likeness (QED) is 0.0244. The molecule has 24 heteroatoms. The highest BCUT2D eigenvalue weighted by molar-refractivity contribution is 7.13. The minimum atomic E-state index is -0.823. The molecule has 0 spiro atoms. The molecule has 0 amide bonds. The van der Waals surface area contributed by atoms with Crippen LogP contribution in [0, 0.1) is 0 Å². The molecule has 5 N–H and O–H groups in total. The highest BCUT2D eigenvalue weighted by atomic mass is 32.1. The van der Waals surface area contributed by atoms with Gasteiger partial charge in [-0.15, -0.1) is 11.3 Å². The molecule has 0 radical (unpaired) electrons. The molecule has 0 saturated heterocycles. The van der Waals surface area contributed by atoms with Gasteiger partial charge in [0.05, 0.1) is 46.1 Å². The number of aliphatic carboxylic acids is 5. The lowest BCUT2D eigenvalue weighted by Crippen LogP contribution is -2.25. The number of carbonyl (C=O) groups is 5. The van der Waals surface area contributed by atoms with Crippen molar-refractivity contribution in [1.29, 1.82) is 0 Å². The summed E-state index contributed by atoms with van der Waals surface area (Å²) in [6.07, 6.45) is 12.1. The standard InChI is InChI=1S/C25H27NO2S.C23H23NO3S.C20H19NO3S.2C20H19NO2S2/c1-18(2)19-4-6-20(7-5-19)21-8-10-22(11-9-21)24(23-13-15-29-17-23)12-14-26(3)16-25(27)28;1-24(15-23(25)26)12-10-22(20-11-13-28-16-20)18-8-6-17(7-9-18)19-4-3-5-21(14-19)27-2;1-21(13-20(22)23)10-8-18(17-9-12-25-14-17)15-4-6-16(7-5-15)19-3-2-11-24-19;1-21(12-20(22)23)9-6-19(18-8-11-25-14-18)16-4-2-15(3-5-16)17-7-10-24-13-17;1-21(13-20(22)23)10-8-18(17-9-12-24-14-17)15-4-6-16(7-5-15)19-3-2-11-25-19/h4-13,15,17-18H,14,16H2,1-3H3,(H,27,28);3-11,13-14,16H,12,15H2,1-2H3,(H,25,26);2-9,11-12,14H,10,13H2,1H3,(H,22,23);2-8,10-11,13-14H,9,12H2,1H3,(H,22,23);2-9,11-12,14H,10,13H2,1H3,(H,22,23)/b24-12-;22-10-;18-8-;19-6-;18-8-. The summed E-state index contributed by atoms with van der Waals surface area (Å²) >= 11 is 11.7. The summed E-state index contributed by atoms with van der Waals surface area (Å²) in [6.45, 7) is 7.42. The van der Waals surface area contributed by atoms with Gasteiger partial charge < -0.3 is 34.7 Å². The summed E-state index contributed by atoms with van der Waals surface area (Å²) in [7, 11) is 10.7. The van der Waals surface area contributed by atoms with Crippen LogP contribution < -0.4 is 4.74 Å². The van der Waals surface area contributed by atoms with E-state index in [1.54, 1.807) is 124 Å². The van der Waals surface area contributed by atoms with Crippen LogP contribution >= 0.6 is 79.4 Å². The molecule has 7 aromatic carbocycles. The largest absolute Gasteiger partial charge is 0.497 e. The van der Waals surface area contributed by atoms with Crippen LogP contribution in [-0.2, 0) is 24.0 Å². The molecule has 15 aromatic rings. The van der Waals surface area contributed by atoms with Crippen molar-refractivity contribution in [2.75, 3.05) is 108 Å². The summed E-state index contributed by atoms with van der Waals surface area (Å²) in [5.74, 6) is -1.88. The van der Waals surface area contributed by atoms with Crippen LogP contribution in [0.3, 0.4) is 0 Å². The normalized spacial score (nSPS) is 11.8. The van der Waals surface area contributed by atoms with E-state index in [-0.39, 0.29) is 32.7 Å². The molecule has 678 valence electrons. The summed E-state index contributed by atoms with van der Waals surface area (Å²) < 4.78 is 10.7. The van der Waals surface area contributed by atoms with Crippen molar-refractivity contribution in [2.24, 2.45) is 0 Å². The number of likely N-dealkylation sites (N-methyl/N-ethyl adjacent to an activating group) is 5. The lowest BCUT2D eigenvalue weighted by atomic mass is 9.95. The number of furan rings is 1. The van der Waals surface area contributed by atoms with E-state index in [1.807, 2.05) is 76.0 Å². The lowest BCUT2D eigenvalue weighted by Gasteiger charge is -2.14. The molecule has 0 saturated carbocycles. The van der Waals surface area contributed by atoms with Crippen LogP contribution in [0.4, 0.5) is 0 Å². The van der Waals surface area contributed by atoms with Gasteiger partial charge in [-0.25, -0.2) is 0 Å². The number of ether oxygens (including phenoxy) is 1. The van der Waals surface area contributed by atoms with Crippen molar-refractivity contribution in [1.82, 2.24) is 24.5 Å². The number of hydrogen-bond acceptors (Lipinski definition) is 19. The first-order valence-corrected chi connectivity index (χ1v) is 49.0. The molecule has 0 aliphatic rings. The Kier molecular flexibility index (Phi) is 39.2. The van der Waals surface area contributed by atoms with E-state index >= 15 is 0 Å². The number of methoxy groups -OCH3 is 1. The summed E-state index contributed by atoms with van der Waals surface area (Å²) in [5.41, 5.74) is 27.7. The second-order valence-electron chi connectivity index (χ2n) is 31.5. The lowest BCUT2D eigenvalue weighted by molar-refractivity contribution is -0.138. The second-order valence-corrected chi connectivity index (χ2v) is 37.1. The average molecular weight is 1890 g/mol. The Morgan fingerprint density at radius 3 is 0.886 bits per heavy atom. The maximum atomic E-state index is 10.9. The van der Waals surface area contributed by atoms with Crippen molar-refractivity contribution in [3.8, 4) is 60.9 Å². The molecule has 0 atom stereocenters. The molecule has 15 rings (SSSR count). The Hall–Kier alpha value is -12.6. The van der Waals surface area contributed by atoms with Crippen molar-refractivity contribution < 1.29 is 58.7 Å². The van der Waals surface area contributed by atoms with Gasteiger partial charge in [-0.2, -0.15) is 68.0 Å². The van der Waals surface area contributed by atoms with E-state index in [2.05, 4.69) is 297 Å². The Bertz CT molecular complexity index is 5820. The summed E-state index contributed by atoms with van der Waals surface area (Å²) in [6, 6.07) is 79.6. The van der Waals surface area contributed by atoms with Gasteiger partial charge in [0.1, 0.15) is 11.5 Å². The number of carboxylic acids is 5. The van der Waals surface area contributed by atoms with Crippen LogP contribution in [0.2, 0.25) is 0 Å². The zero-order valence-corrected chi connectivity index (χ0v) is 80.5. The van der Waals surface area contributed by atoms with Crippen LogP contribution in [0.1, 0.15) is 81.0 Å². The third kappa shape index (κ3) is 31.6. The van der Waals surface area contributed by atoms with Crippen molar-refractivity contribution >= 4 is 137 Å². The first kappa shape index (κ1) is 99.9. The Morgan fingerprint density at radius 2 is 0.614 bits per heavy atom. The Morgan fingerprint density at radius 1 is 0.311 bits per heavy atom. The van der Waals surface area contributed by atoms with Gasteiger partial charge in [0.15, 0.2) is 0 Å². The molecule has 0 aliphatic heterocycles. The van der Waals surface area contributed by atoms with Gasteiger partial charge in [-0.3, -0.25) is 48.5 Å². The number of rotatable bonds is 37. The fourth-order valence-electron chi connectivity index (χ4n) is 14.1. The number of carboxylic acid groups (broad SMARTS) is 5. The fourth-order valence-corrected chi connectivity index (χ4v) is 18.8. The van der Waals surface area contributed by atoms with Gasteiger partial charge in [-0.1, -0.05) is 208 Å². The molecule has 0 aliphatic carbocycles. The molecule has 0 bridgehead atoms. The zero-order valence-electron chi connectivity index (χ0n) is 74.7. The number of nitrogens with zero attached hydrogens (tertiary/aromatic N) is 5. The first-order chi connectivity index (χ1) is 63.9. The van der Waals surface area contributed by atoms with Gasteiger partial charge in [0.2, 0.25) is 0 Å². The Balaban J connectivity index is 0.000000159. The monoisotopic (exact) mass is 1890 g/mol. The maximum absolute atomic E-state index is 10.9. The minimum absolute atomic E-state index is 0.0161. The topological polar surface area (TPSA) is 225 Å². The van der Waals surface area contributed by atoms with E-state index in [9.17, 15) is 24.0 Å². The van der Waals surface area contributed by atoms with E-state index in [0.717, 1.165) is 112 Å². The predicted octanol–water partition coefficient (Wildman–Crippen LogP) is 25.2. The molecule has 8 aromatic heterocycles. The molecule has 17 nitrogen and oxygen atoms in total. The average Bonchev–Trinajstić information content (AvgIpc) is 1.04. The summed E-state index contributed by atoms with van der Waals surface area (Å²) in [5, 5.41) is 71.8. The molecular weight excluding hydrogens is 1780 g/mol. The van der Waals surface area contributed by atoms with Crippen LogP contribution in [0.25, 0.3) is 83.0 Å². The second kappa shape index (κ2) is 51.8. The fraction of sp³-hybridized carbons (Fsp3) is 0.176. The zero-order chi connectivity index (χ0) is 93.7. The number of thiophene rings is 7. The number of benzene rings is 7. The van der Waals surface area contributed by atoms with E-state index in [0.29, 0.717) is 38.6 Å². The van der Waals surface area contributed by atoms with Crippen LogP contribution in [0.15, 0.2) is 342 Å². The maximum Gasteiger partial charge on any atom is 0.317 e. The highest BCUT2D eigenvalue weighted by Crippen LogP contribution is 2.36. The van der Waals surface area contributed by atoms with E-state index < -0.39 is 29.8 Å². The van der Waals surface area contributed by atoms with Crippen molar-refractivity contribution in [2.45, 2.75) is 19.8 Å². The van der Waals surface area contributed by atoms with Crippen LogP contribution in [0.5, 0.6) is 5.75 Å². The third-order valence-corrected chi connectivity index (χ3v) is 26.0. The number of hydrogen-bond donors (Lipinski definition) is 5. The van der Waals surface area contributed by atoms with Crippen molar-refractivity contribution in [3.63, 3.8) is 0 Å². The third-order valence-electron chi connectivity index (χ3n) is 21.0. The highest BCUT2D eigenvalue weighted by Gasteiger charge is 2.17. The van der Waals surface area contributed by atoms with Gasteiger partial charge >= 0.3 is 29.8 Å². The van der Waals surface area contributed by atoms with Crippen LogP contribution in [-0.4, -0.2) is 188 Å². The molecule has 0 unspecified atom stereocenters. The van der Waals surface area contributed by atoms with Crippen molar-refractivity contribution in [3.05, 3.63) is 398 Å². The minimum Gasteiger partial charge on any atom is -0.497 e. The van der Waals surface area contributed by atoms with Gasteiger partial charge in [-0.05, 0) is 306 Å². The van der Waals surface area contributed by atoms with E-state index in [1.165, 1.54) is 38.3 Å². The predicted molar refractivity (Wildman–Crippen MR) is 551 cm³/mol. The molecule has 132 heavy (non-hydrogen) atoms. The van der Waals surface area contributed by atoms with Gasteiger partial charge in [0.25, 0.3) is 0 Å². The Labute approximate surface area is 800 Å². The molecular formula is C108H107N5O12S7. The smallest absolute Gasteiger partial charge is 0.317 e. The van der Waals surface area contributed by atoms with E-state index in [4.69, 9.17) is 34.7 Å². The van der Waals surface area contributed by atoms with Gasteiger partial charge in [0, 0.05) is 43.2 Å². The molecule has 0 fully saturated rings. The summed E-state index contributed by atoms with van der Waals surface area (Å²) in [4.78, 5) is 64.5. The first-order valence-electron chi connectivity index (χ1n) is 42.4. The SMILES string of the molecule is CC(C)c1ccc(-c2ccc(/C(=C/CN(C)CC(=O)O)c3ccsc3)cc2)cc1.CN(C/C=C(/c1ccc(-c2ccco2)cc1)c1ccsc1)CC(=O)O.CN(C/C=C(/c1ccc(-c2cccs2)cc1)c1ccsc1)CC(=O)O.CN(C/C=C(/c1ccc(-c2ccsc2)cc1)c1ccsc1)CC(=O)O.COc1cccc(-c2ccc(/C(=C/CN(C)CC(=O)O)c3ccsc3)cc2)c1. The molecule has 8 heterocycles.